The minimum atomic E-state index is 0.0703. The SMILES string of the molecule is CC(C)(C)c1ccc2c3c(nccc13)-c1cc3ccccc3cc1O2. The van der Waals surface area contributed by atoms with Gasteiger partial charge in [0, 0.05) is 11.8 Å². The summed E-state index contributed by atoms with van der Waals surface area (Å²) >= 11 is 0. The number of nitrogens with zero attached hydrogens (tertiary/aromatic N) is 1. The van der Waals surface area contributed by atoms with Gasteiger partial charge in [-0.05, 0) is 51.4 Å². The van der Waals surface area contributed by atoms with Gasteiger partial charge in [-0.2, -0.15) is 0 Å². The fourth-order valence-electron chi connectivity index (χ4n) is 3.82. The zero-order chi connectivity index (χ0) is 17.2. The van der Waals surface area contributed by atoms with E-state index in [2.05, 4.69) is 75.4 Å². The highest BCUT2D eigenvalue weighted by Crippen LogP contribution is 2.48. The molecule has 2 nitrogen and oxygen atoms in total. The number of pyridine rings is 1. The van der Waals surface area contributed by atoms with Crippen molar-refractivity contribution in [1.29, 1.82) is 0 Å². The van der Waals surface area contributed by atoms with Gasteiger partial charge in [-0.3, -0.25) is 4.98 Å². The van der Waals surface area contributed by atoms with Crippen molar-refractivity contribution in [3.63, 3.8) is 0 Å². The summed E-state index contributed by atoms with van der Waals surface area (Å²) in [4.78, 5) is 4.73. The second kappa shape index (κ2) is 4.82. The molecule has 0 spiro atoms. The molecule has 0 fully saturated rings. The molecular formula is C23H19NO. The summed E-state index contributed by atoms with van der Waals surface area (Å²) < 4.78 is 6.29. The van der Waals surface area contributed by atoms with Crippen LogP contribution >= 0.6 is 0 Å². The first-order valence-electron chi connectivity index (χ1n) is 8.65. The van der Waals surface area contributed by atoms with Gasteiger partial charge >= 0.3 is 0 Å². The second-order valence-corrected chi connectivity index (χ2v) is 7.74. The third-order valence-electron chi connectivity index (χ3n) is 5.02. The van der Waals surface area contributed by atoms with Crippen molar-refractivity contribution >= 4 is 21.5 Å². The molecule has 4 aromatic rings. The van der Waals surface area contributed by atoms with E-state index in [0.717, 1.165) is 28.1 Å². The predicted octanol–water partition coefficient (Wildman–Crippen LogP) is 6.46. The Morgan fingerprint density at radius 1 is 0.840 bits per heavy atom. The quantitative estimate of drug-likeness (QED) is 0.326. The Morgan fingerprint density at radius 2 is 1.60 bits per heavy atom. The van der Waals surface area contributed by atoms with Crippen LogP contribution in [-0.4, -0.2) is 4.98 Å². The van der Waals surface area contributed by atoms with E-state index >= 15 is 0 Å². The van der Waals surface area contributed by atoms with Crippen molar-refractivity contribution in [1.82, 2.24) is 4.98 Å². The van der Waals surface area contributed by atoms with Crippen LogP contribution in [0.3, 0.4) is 0 Å². The van der Waals surface area contributed by atoms with Crippen molar-refractivity contribution in [3.05, 3.63) is 66.4 Å². The standard InChI is InChI=1S/C23H19NO/c1-23(2,3)18-8-9-19-21-16(18)10-11-24-22(21)17-12-14-6-4-5-7-15(14)13-20(17)25-19/h4-13H,1-3H3. The molecule has 1 aromatic heterocycles. The summed E-state index contributed by atoms with van der Waals surface area (Å²) in [6.45, 7) is 6.74. The summed E-state index contributed by atoms with van der Waals surface area (Å²) in [5.41, 5.74) is 3.48. The smallest absolute Gasteiger partial charge is 0.137 e. The van der Waals surface area contributed by atoms with Crippen LogP contribution in [0, 0.1) is 0 Å². The van der Waals surface area contributed by atoms with Gasteiger partial charge in [-0.1, -0.05) is 51.1 Å². The van der Waals surface area contributed by atoms with Gasteiger partial charge in [0.05, 0.1) is 11.1 Å². The van der Waals surface area contributed by atoms with Gasteiger partial charge in [0.15, 0.2) is 0 Å². The molecule has 1 aliphatic rings. The first-order valence-corrected chi connectivity index (χ1v) is 8.65. The van der Waals surface area contributed by atoms with E-state index in [9.17, 15) is 0 Å². The monoisotopic (exact) mass is 325 g/mol. The molecule has 2 heteroatoms. The van der Waals surface area contributed by atoms with E-state index in [0.29, 0.717) is 0 Å². The van der Waals surface area contributed by atoms with Gasteiger partial charge in [0.25, 0.3) is 0 Å². The minimum Gasteiger partial charge on any atom is -0.456 e. The number of aromatic nitrogens is 1. The van der Waals surface area contributed by atoms with Gasteiger partial charge in [-0.15, -0.1) is 0 Å². The lowest BCUT2D eigenvalue weighted by Crippen LogP contribution is -2.12. The van der Waals surface area contributed by atoms with Crippen LogP contribution in [0.15, 0.2) is 60.8 Å². The van der Waals surface area contributed by atoms with Crippen molar-refractivity contribution in [2.45, 2.75) is 26.2 Å². The average Bonchev–Trinajstić information content (AvgIpc) is 2.59. The topological polar surface area (TPSA) is 22.1 Å². The molecule has 5 rings (SSSR count). The lowest BCUT2D eigenvalue weighted by atomic mass is 9.82. The van der Waals surface area contributed by atoms with Crippen LogP contribution in [-0.2, 0) is 5.41 Å². The molecule has 122 valence electrons. The van der Waals surface area contributed by atoms with E-state index in [1.165, 1.54) is 21.7 Å². The zero-order valence-electron chi connectivity index (χ0n) is 14.6. The summed E-state index contributed by atoms with van der Waals surface area (Å²) in [5.74, 6) is 1.78. The van der Waals surface area contributed by atoms with Crippen molar-refractivity contribution in [2.75, 3.05) is 0 Å². The molecule has 0 radical (unpaired) electrons. The van der Waals surface area contributed by atoms with E-state index < -0.39 is 0 Å². The number of rotatable bonds is 0. The Hall–Kier alpha value is -2.87. The molecule has 0 N–H and O–H groups in total. The van der Waals surface area contributed by atoms with Crippen LogP contribution in [0.1, 0.15) is 26.3 Å². The lowest BCUT2D eigenvalue weighted by molar-refractivity contribution is 0.486. The Morgan fingerprint density at radius 3 is 2.36 bits per heavy atom. The third kappa shape index (κ3) is 2.07. The number of hydrogen-bond donors (Lipinski definition) is 0. The molecule has 3 aromatic carbocycles. The van der Waals surface area contributed by atoms with Gasteiger partial charge in [-0.25, -0.2) is 0 Å². The largest absolute Gasteiger partial charge is 0.456 e. The summed E-state index contributed by atoms with van der Waals surface area (Å²) in [5, 5.41) is 4.74. The van der Waals surface area contributed by atoms with Gasteiger partial charge in [0.2, 0.25) is 0 Å². The highest BCUT2D eigenvalue weighted by molar-refractivity contribution is 6.05. The first kappa shape index (κ1) is 14.5. The maximum absolute atomic E-state index is 6.29. The Balaban J connectivity index is 1.89. The molecule has 25 heavy (non-hydrogen) atoms. The fourth-order valence-corrected chi connectivity index (χ4v) is 3.82. The zero-order valence-corrected chi connectivity index (χ0v) is 14.6. The normalized spacial score (nSPS) is 12.9. The summed E-state index contributed by atoms with van der Waals surface area (Å²) in [7, 11) is 0. The fraction of sp³-hybridized carbons (Fsp3) is 0.174. The molecule has 0 aliphatic carbocycles. The Labute approximate surface area is 147 Å². The summed E-state index contributed by atoms with van der Waals surface area (Å²) in [6, 6.07) is 19.1. The maximum Gasteiger partial charge on any atom is 0.137 e. The number of benzene rings is 3. The van der Waals surface area contributed by atoms with Crippen LogP contribution < -0.4 is 4.74 Å². The van der Waals surface area contributed by atoms with Crippen molar-refractivity contribution < 1.29 is 4.74 Å². The van der Waals surface area contributed by atoms with Crippen LogP contribution in [0.5, 0.6) is 11.5 Å². The van der Waals surface area contributed by atoms with Crippen molar-refractivity contribution in [2.24, 2.45) is 0 Å². The van der Waals surface area contributed by atoms with E-state index in [-0.39, 0.29) is 5.41 Å². The first-order chi connectivity index (χ1) is 12.0. The Kier molecular flexibility index (Phi) is 2.79. The van der Waals surface area contributed by atoms with Crippen LogP contribution in [0.25, 0.3) is 32.8 Å². The molecule has 0 atom stereocenters. The average molecular weight is 325 g/mol. The maximum atomic E-state index is 6.29. The number of fused-ring (bicyclic) bond motifs is 3. The molecular weight excluding hydrogens is 306 g/mol. The molecule has 1 aliphatic heterocycles. The number of hydrogen-bond acceptors (Lipinski definition) is 2. The van der Waals surface area contributed by atoms with Crippen molar-refractivity contribution in [3.8, 4) is 22.8 Å². The highest BCUT2D eigenvalue weighted by Gasteiger charge is 2.25. The molecule has 2 heterocycles. The van der Waals surface area contributed by atoms with E-state index in [1.807, 2.05) is 6.20 Å². The van der Waals surface area contributed by atoms with Gasteiger partial charge < -0.3 is 4.74 Å². The number of ether oxygens (including phenoxy) is 1. The van der Waals surface area contributed by atoms with E-state index in [4.69, 9.17) is 9.72 Å². The van der Waals surface area contributed by atoms with Crippen LogP contribution in [0.4, 0.5) is 0 Å². The molecule has 0 bridgehead atoms. The summed E-state index contributed by atoms with van der Waals surface area (Å²) in [6.07, 6.45) is 1.92. The second-order valence-electron chi connectivity index (χ2n) is 7.74. The lowest BCUT2D eigenvalue weighted by Gasteiger charge is -2.26. The molecule has 0 amide bonds. The third-order valence-corrected chi connectivity index (χ3v) is 5.02. The van der Waals surface area contributed by atoms with Crippen LogP contribution in [0.2, 0.25) is 0 Å². The van der Waals surface area contributed by atoms with E-state index in [1.54, 1.807) is 0 Å². The Bertz CT molecular complexity index is 1150. The molecule has 0 unspecified atom stereocenters. The predicted molar refractivity (Wildman–Crippen MR) is 103 cm³/mol. The molecule has 0 saturated carbocycles. The molecule has 0 saturated heterocycles. The minimum absolute atomic E-state index is 0.0703. The highest BCUT2D eigenvalue weighted by atomic mass is 16.5. The van der Waals surface area contributed by atoms with Gasteiger partial charge in [0.1, 0.15) is 11.5 Å².